The molecule has 6 nitrogen and oxygen atoms in total. The molecule has 1 amide bonds. The van der Waals surface area contributed by atoms with Crippen LogP contribution < -0.4 is 5.73 Å². The number of fused-ring (bicyclic) bond motifs is 1. The summed E-state index contributed by atoms with van der Waals surface area (Å²) < 4.78 is 11.4. The Balaban J connectivity index is 2.36. The molecule has 1 heterocycles. The minimum Gasteiger partial charge on any atom is -0.351 e. The number of rotatable bonds is 9. The predicted octanol–water partition coefficient (Wildman–Crippen LogP) is 2.70. The van der Waals surface area contributed by atoms with Gasteiger partial charge in [0.2, 0.25) is 5.91 Å². The van der Waals surface area contributed by atoms with Crippen molar-refractivity contribution < 1.29 is 14.3 Å². The summed E-state index contributed by atoms with van der Waals surface area (Å²) in [5, 5.41) is 1.04. The molecule has 2 atom stereocenters. The number of benzene rings is 1. The summed E-state index contributed by atoms with van der Waals surface area (Å²) in [5.41, 5.74) is 7.75. The van der Waals surface area contributed by atoms with E-state index in [0.717, 1.165) is 16.5 Å². The molecular weight excluding hydrogens is 330 g/mol. The highest BCUT2D eigenvalue weighted by atomic mass is 16.7. The van der Waals surface area contributed by atoms with Crippen LogP contribution in [0.1, 0.15) is 33.3 Å². The number of hydrogen-bond donors (Lipinski definition) is 1. The van der Waals surface area contributed by atoms with E-state index in [-0.39, 0.29) is 11.9 Å². The van der Waals surface area contributed by atoms with Crippen molar-refractivity contribution in [3.63, 3.8) is 0 Å². The molecule has 0 aliphatic rings. The van der Waals surface area contributed by atoms with E-state index in [9.17, 15) is 4.79 Å². The molecule has 0 aliphatic heterocycles. The zero-order valence-electron chi connectivity index (χ0n) is 16.0. The summed E-state index contributed by atoms with van der Waals surface area (Å²) in [5.74, 6) is -0.144. The Morgan fingerprint density at radius 1 is 1.15 bits per heavy atom. The maximum Gasteiger partial charge on any atom is 0.239 e. The fourth-order valence-electron chi connectivity index (χ4n) is 2.96. The molecule has 0 saturated heterocycles. The van der Waals surface area contributed by atoms with Gasteiger partial charge in [-0.05, 0) is 39.3 Å². The van der Waals surface area contributed by atoms with Crippen molar-refractivity contribution in [1.82, 2.24) is 9.88 Å². The van der Waals surface area contributed by atoms with Crippen LogP contribution in [0.25, 0.3) is 10.9 Å². The van der Waals surface area contributed by atoms with E-state index >= 15 is 0 Å². The number of nitrogens with zero attached hydrogens (tertiary/aromatic N) is 2. The van der Waals surface area contributed by atoms with Crippen LogP contribution in [0.5, 0.6) is 0 Å². The summed E-state index contributed by atoms with van der Waals surface area (Å²) in [6, 6.07) is 8.99. The normalized spacial score (nSPS) is 13.8. The number of ether oxygens (including phenoxy) is 2. The molecule has 2 aromatic rings. The van der Waals surface area contributed by atoms with Crippen molar-refractivity contribution in [3.05, 3.63) is 42.1 Å². The average molecular weight is 359 g/mol. The number of pyridine rings is 1. The third kappa shape index (κ3) is 4.78. The van der Waals surface area contributed by atoms with Crippen LogP contribution in [0.2, 0.25) is 0 Å². The highest BCUT2D eigenvalue weighted by molar-refractivity contribution is 5.84. The zero-order valence-corrected chi connectivity index (χ0v) is 16.0. The number of hydrogen-bond acceptors (Lipinski definition) is 5. The van der Waals surface area contributed by atoms with Crippen molar-refractivity contribution in [3.8, 4) is 0 Å². The molecule has 0 fully saturated rings. The molecular formula is C20H29N3O3. The molecule has 142 valence electrons. The molecule has 1 aromatic heterocycles. The van der Waals surface area contributed by atoms with Gasteiger partial charge in [0.1, 0.15) is 0 Å². The van der Waals surface area contributed by atoms with Crippen LogP contribution in [0, 0.1) is 0 Å². The van der Waals surface area contributed by atoms with Crippen molar-refractivity contribution in [1.29, 1.82) is 0 Å². The number of para-hydroxylation sites is 1. The quantitative estimate of drug-likeness (QED) is 0.697. The Bertz CT molecular complexity index is 709. The Morgan fingerprint density at radius 3 is 2.42 bits per heavy atom. The third-order valence-electron chi connectivity index (χ3n) is 4.28. The Kier molecular flexibility index (Phi) is 7.50. The monoisotopic (exact) mass is 359 g/mol. The molecule has 0 bridgehead atoms. The number of nitrogens with two attached hydrogens (primary N) is 1. The van der Waals surface area contributed by atoms with Gasteiger partial charge in [-0.3, -0.25) is 9.78 Å². The highest BCUT2D eigenvalue weighted by Gasteiger charge is 2.30. The molecule has 1 unspecified atom stereocenters. The minimum absolute atomic E-state index is 0.144. The summed E-state index contributed by atoms with van der Waals surface area (Å²) in [6.45, 7) is 8.84. The largest absolute Gasteiger partial charge is 0.351 e. The standard InChI is InChI=1S/C20H29N3O3/c1-5-25-20(26-6-2)15(4)23(19(24)14(3)21)13-17-10-7-9-16-11-8-12-22-18(16)17/h7-12,14-15,20H,5-6,13,21H2,1-4H3/t14?,15-/m0/s1. The van der Waals surface area contributed by atoms with Gasteiger partial charge < -0.3 is 20.1 Å². The molecule has 6 heteroatoms. The molecule has 2 rings (SSSR count). The van der Waals surface area contributed by atoms with Crippen molar-refractivity contribution in [2.75, 3.05) is 13.2 Å². The topological polar surface area (TPSA) is 77.7 Å². The Hall–Kier alpha value is -2.02. The van der Waals surface area contributed by atoms with Gasteiger partial charge >= 0.3 is 0 Å². The molecule has 2 N–H and O–H groups in total. The Morgan fingerprint density at radius 2 is 1.81 bits per heavy atom. The van der Waals surface area contributed by atoms with E-state index in [1.807, 2.05) is 51.1 Å². The van der Waals surface area contributed by atoms with E-state index in [0.29, 0.717) is 19.8 Å². The first-order valence-corrected chi connectivity index (χ1v) is 9.11. The lowest BCUT2D eigenvalue weighted by Gasteiger charge is -2.35. The van der Waals surface area contributed by atoms with E-state index in [4.69, 9.17) is 15.2 Å². The molecule has 0 saturated carbocycles. The lowest BCUT2D eigenvalue weighted by atomic mass is 10.1. The molecule has 0 aliphatic carbocycles. The van der Waals surface area contributed by atoms with Gasteiger partial charge in [0.05, 0.1) is 17.6 Å². The average Bonchev–Trinajstić information content (AvgIpc) is 2.65. The van der Waals surface area contributed by atoms with E-state index < -0.39 is 12.3 Å². The maximum absolute atomic E-state index is 12.8. The van der Waals surface area contributed by atoms with Gasteiger partial charge in [-0.2, -0.15) is 0 Å². The lowest BCUT2D eigenvalue weighted by Crippen LogP contribution is -2.51. The summed E-state index contributed by atoms with van der Waals surface area (Å²) in [6.07, 6.45) is 1.26. The fraction of sp³-hybridized carbons (Fsp3) is 0.500. The first-order chi connectivity index (χ1) is 12.5. The first kappa shape index (κ1) is 20.3. The van der Waals surface area contributed by atoms with Gasteiger partial charge in [-0.25, -0.2) is 0 Å². The van der Waals surface area contributed by atoms with Crippen molar-refractivity contribution in [2.45, 2.75) is 52.6 Å². The van der Waals surface area contributed by atoms with Crippen LogP contribution >= 0.6 is 0 Å². The van der Waals surface area contributed by atoms with Gasteiger partial charge in [-0.1, -0.05) is 24.3 Å². The van der Waals surface area contributed by atoms with Crippen LogP contribution in [-0.4, -0.2) is 47.4 Å². The molecule has 1 aromatic carbocycles. The summed E-state index contributed by atoms with van der Waals surface area (Å²) in [7, 11) is 0. The molecule has 0 radical (unpaired) electrons. The zero-order chi connectivity index (χ0) is 19.1. The smallest absolute Gasteiger partial charge is 0.239 e. The van der Waals surface area contributed by atoms with E-state index in [2.05, 4.69) is 4.98 Å². The van der Waals surface area contributed by atoms with Crippen molar-refractivity contribution in [2.24, 2.45) is 5.73 Å². The maximum atomic E-state index is 12.8. The number of aromatic nitrogens is 1. The summed E-state index contributed by atoms with van der Waals surface area (Å²) >= 11 is 0. The van der Waals surface area contributed by atoms with Crippen LogP contribution in [0.15, 0.2) is 36.5 Å². The van der Waals surface area contributed by atoms with E-state index in [1.54, 1.807) is 18.0 Å². The first-order valence-electron chi connectivity index (χ1n) is 9.11. The molecule has 0 spiro atoms. The van der Waals surface area contributed by atoms with Crippen LogP contribution in [-0.2, 0) is 20.8 Å². The number of carbonyl (C=O) groups excluding carboxylic acids is 1. The highest BCUT2D eigenvalue weighted by Crippen LogP contribution is 2.21. The predicted molar refractivity (Wildman–Crippen MR) is 102 cm³/mol. The van der Waals surface area contributed by atoms with Crippen LogP contribution in [0.4, 0.5) is 0 Å². The summed E-state index contributed by atoms with van der Waals surface area (Å²) in [4.78, 5) is 19.0. The SMILES string of the molecule is CCOC(OCC)[C@H](C)N(Cc1cccc2cccnc12)C(=O)C(C)N. The minimum atomic E-state index is -0.607. The van der Waals surface area contributed by atoms with Gasteiger partial charge in [0, 0.05) is 31.3 Å². The second-order valence-electron chi connectivity index (χ2n) is 6.27. The second-order valence-corrected chi connectivity index (χ2v) is 6.27. The second kappa shape index (κ2) is 9.62. The molecule has 26 heavy (non-hydrogen) atoms. The lowest BCUT2D eigenvalue weighted by molar-refractivity contribution is -0.179. The van der Waals surface area contributed by atoms with Crippen molar-refractivity contribution >= 4 is 16.8 Å². The van der Waals surface area contributed by atoms with Gasteiger partial charge in [0.15, 0.2) is 6.29 Å². The Labute approximate surface area is 155 Å². The number of carbonyl (C=O) groups is 1. The van der Waals surface area contributed by atoms with E-state index in [1.165, 1.54) is 0 Å². The fourth-order valence-corrected chi connectivity index (χ4v) is 2.96. The third-order valence-corrected chi connectivity index (χ3v) is 4.28. The van der Waals surface area contributed by atoms with Gasteiger partial charge in [0.25, 0.3) is 0 Å². The number of amides is 1. The van der Waals surface area contributed by atoms with Gasteiger partial charge in [-0.15, -0.1) is 0 Å². The van der Waals surface area contributed by atoms with Crippen LogP contribution in [0.3, 0.4) is 0 Å².